The molecule has 0 bridgehead atoms. The van der Waals surface area contributed by atoms with Crippen LogP contribution in [0.3, 0.4) is 0 Å². The summed E-state index contributed by atoms with van der Waals surface area (Å²) in [7, 11) is -4.18. The summed E-state index contributed by atoms with van der Waals surface area (Å²) in [5, 5.41) is 17.7. The van der Waals surface area contributed by atoms with Crippen LogP contribution in [0.15, 0.2) is 41.9 Å². The molecule has 0 unspecified atom stereocenters. The second-order valence-corrected chi connectivity index (χ2v) is 8.42. The van der Waals surface area contributed by atoms with E-state index in [1.807, 2.05) is 6.07 Å². The Bertz CT molecular complexity index is 1110. The van der Waals surface area contributed by atoms with Gasteiger partial charge in [0.05, 0.1) is 16.8 Å². The van der Waals surface area contributed by atoms with E-state index >= 15 is 0 Å². The number of hydrogen-bond donors (Lipinski definition) is 0. The summed E-state index contributed by atoms with van der Waals surface area (Å²) in [6.45, 7) is 3.41. The fraction of sp³-hybridized carbons (Fsp3) is 0.200. The molecule has 2 heterocycles. The average molecular weight is 411 g/mol. The van der Waals surface area contributed by atoms with Gasteiger partial charge >= 0.3 is 0 Å². The van der Waals surface area contributed by atoms with Gasteiger partial charge in [-0.2, -0.15) is 28.0 Å². The zero-order valence-corrected chi connectivity index (χ0v) is 16.0. The van der Waals surface area contributed by atoms with Crippen molar-refractivity contribution < 1.29 is 8.42 Å². The van der Waals surface area contributed by atoms with E-state index in [0.29, 0.717) is 5.02 Å². The highest BCUT2D eigenvalue weighted by molar-refractivity contribution is 7.90. The predicted molar refractivity (Wildman–Crippen MR) is 94.4 cm³/mol. The molecule has 0 spiro atoms. The molecule has 0 aliphatic carbocycles. The van der Waals surface area contributed by atoms with Crippen molar-refractivity contribution in [1.29, 1.82) is 5.26 Å². The topological polar surface area (TPSA) is 106 Å². The summed E-state index contributed by atoms with van der Waals surface area (Å²) in [5.74, 6) is 0. The molecule has 1 aromatic carbocycles. The van der Waals surface area contributed by atoms with Gasteiger partial charge < -0.3 is 0 Å². The highest BCUT2D eigenvalue weighted by atomic mass is 35.5. The van der Waals surface area contributed by atoms with Crippen molar-refractivity contribution in [3.05, 3.63) is 58.4 Å². The minimum atomic E-state index is -4.18. The molecule has 0 saturated carbocycles. The van der Waals surface area contributed by atoms with Crippen molar-refractivity contribution in [2.45, 2.75) is 24.3 Å². The quantitative estimate of drug-likeness (QED) is 0.654. The lowest BCUT2D eigenvalue weighted by atomic mass is 9.98. The molecule has 11 heteroatoms. The minimum absolute atomic E-state index is 0.0454. The van der Waals surface area contributed by atoms with E-state index < -0.39 is 15.6 Å². The fourth-order valence-corrected chi connectivity index (χ4v) is 4.71. The van der Waals surface area contributed by atoms with Crippen molar-refractivity contribution in [1.82, 2.24) is 24.0 Å². The van der Waals surface area contributed by atoms with Gasteiger partial charge in [-0.3, -0.25) is 0 Å². The van der Waals surface area contributed by atoms with Crippen LogP contribution in [0.1, 0.15) is 25.1 Å². The number of nitriles is 1. The molecule has 0 fully saturated rings. The first-order valence-corrected chi connectivity index (χ1v) is 9.43. The second-order valence-electron chi connectivity index (χ2n) is 5.84. The van der Waals surface area contributed by atoms with Gasteiger partial charge in [0.25, 0.3) is 10.0 Å². The predicted octanol–water partition coefficient (Wildman–Crippen LogP) is 2.67. The second kappa shape index (κ2) is 6.39. The fourth-order valence-electron chi connectivity index (χ4n) is 2.54. The maximum atomic E-state index is 13.2. The van der Waals surface area contributed by atoms with Crippen molar-refractivity contribution >= 4 is 33.2 Å². The first-order chi connectivity index (χ1) is 12.2. The lowest BCUT2D eigenvalue weighted by Crippen LogP contribution is -2.34. The smallest absolute Gasteiger partial charge is 0.241 e. The van der Waals surface area contributed by atoms with Gasteiger partial charge in [0.15, 0.2) is 0 Å². The summed E-state index contributed by atoms with van der Waals surface area (Å²) >= 11 is 11.9. The van der Waals surface area contributed by atoms with Gasteiger partial charge in [-0.25, -0.2) is 9.67 Å². The Hall–Kier alpha value is -2.41. The lowest BCUT2D eigenvalue weighted by Gasteiger charge is -2.26. The van der Waals surface area contributed by atoms with E-state index in [0.717, 1.165) is 4.09 Å². The maximum absolute atomic E-state index is 13.2. The van der Waals surface area contributed by atoms with Crippen LogP contribution in [0.25, 0.3) is 0 Å². The average Bonchev–Trinajstić information content (AvgIpc) is 3.24. The summed E-state index contributed by atoms with van der Waals surface area (Å²) < 4.78 is 28.5. The van der Waals surface area contributed by atoms with Gasteiger partial charge in [0, 0.05) is 5.02 Å². The lowest BCUT2D eigenvalue weighted by molar-refractivity contribution is 0.371. The largest absolute Gasteiger partial charge is 0.284 e. The molecule has 8 nitrogen and oxygen atoms in total. The Morgan fingerprint density at radius 1 is 1.23 bits per heavy atom. The maximum Gasteiger partial charge on any atom is 0.284 e. The van der Waals surface area contributed by atoms with Crippen molar-refractivity contribution in [3.8, 4) is 6.07 Å². The standard InChI is InChI=1S/C15H12Cl2N6O2S/c1-15(2,22-9-19-8-21-22)14-10(6-18)7-20-23(14)26(24,25)13-4-3-11(16)5-12(13)17/h3-5,7-9H,1-2H3. The van der Waals surface area contributed by atoms with Gasteiger partial charge in [-0.15, -0.1) is 0 Å². The van der Waals surface area contributed by atoms with Crippen molar-refractivity contribution in [2.75, 3.05) is 0 Å². The highest BCUT2D eigenvalue weighted by Crippen LogP contribution is 2.32. The first-order valence-electron chi connectivity index (χ1n) is 7.24. The van der Waals surface area contributed by atoms with E-state index in [1.165, 1.54) is 41.7 Å². The minimum Gasteiger partial charge on any atom is -0.241 e. The Morgan fingerprint density at radius 3 is 2.54 bits per heavy atom. The molecule has 2 aromatic heterocycles. The molecule has 0 amide bonds. The van der Waals surface area contributed by atoms with Crippen molar-refractivity contribution in [2.24, 2.45) is 0 Å². The molecule has 3 rings (SSSR count). The first kappa shape index (κ1) is 18.4. The molecular weight excluding hydrogens is 399 g/mol. The van der Waals surface area contributed by atoms with Crippen LogP contribution in [0, 0.1) is 11.3 Å². The molecule has 0 atom stereocenters. The highest BCUT2D eigenvalue weighted by Gasteiger charge is 2.36. The number of nitrogens with zero attached hydrogens (tertiary/aromatic N) is 6. The number of halogens is 2. The summed E-state index contributed by atoms with van der Waals surface area (Å²) in [5.41, 5.74) is -0.792. The number of hydrogen-bond acceptors (Lipinski definition) is 6. The Balaban J connectivity index is 2.28. The van der Waals surface area contributed by atoms with Crippen LogP contribution in [0.2, 0.25) is 10.0 Å². The van der Waals surface area contributed by atoms with Crippen LogP contribution >= 0.6 is 23.2 Å². The Kier molecular flexibility index (Phi) is 4.52. The summed E-state index contributed by atoms with van der Waals surface area (Å²) in [4.78, 5) is 3.71. The molecule has 0 aliphatic rings. The molecule has 3 aromatic rings. The third kappa shape index (κ3) is 2.86. The molecule has 0 aliphatic heterocycles. The van der Waals surface area contributed by atoms with Crippen molar-refractivity contribution in [3.63, 3.8) is 0 Å². The van der Waals surface area contributed by atoms with Gasteiger partial charge in [0.1, 0.15) is 34.9 Å². The van der Waals surface area contributed by atoms with Gasteiger partial charge in [-0.05, 0) is 32.0 Å². The molecule has 134 valence electrons. The van der Waals surface area contributed by atoms with Crippen LogP contribution in [0.5, 0.6) is 0 Å². The van der Waals surface area contributed by atoms with E-state index in [1.54, 1.807) is 13.8 Å². The number of benzene rings is 1. The summed E-state index contributed by atoms with van der Waals surface area (Å²) in [6.07, 6.45) is 3.94. The van der Waals surface area contributed by atoms with E-state index in [9.17, 15) is 13.7 Å². The monoisotopic (exact) mass is 410 g/mol. The van der Waals surface area contributed by atoms with Gasteiger partial charge in [0.2, 0.25) is 0 Å². The number of rotatable bonds is 4. The van der Waals surface area contributed by atoms with E-state index in [4.69, 9.17) is 23.2 Å². The van der Waals surface area contributed by atoms with E-state index in [2.05, 4.69) is 15.2 Å². The van der Waals surface area contributed by atoms with Crippen LogP contribution in [-0.4, -0.2) is 32.4 Å². The zero-order chi connectivity index (χ0) is 19.1. The van der Waals surface area contributed by atoms with Gasteiger partial charge in [-0.1, -0.05) is 23.2 Å². The third-order valence-corrected chi connectivity index (χ3v) is 6.13. The third-order valence-electron chi connectivity index (χ3n) is 3.83. The number of aromatic nitrogens is 5. The van der Waals surface area contributed by atoms with Crippen LogP contribution in [0.4, 0.5) is 0 Å². The molecule has 0 radical (unpaired) electrons. The summed E-state index contributed by atoms with van der Waals surface area (Å²) in [6, 6.07) is 6.00. The Labute approximate surface area is 159 Å². The zero-order valence-electron chi connectivity index (χ0n) is 13.6. The Morgan fingerprint density at radius 2 is 1.96 bits per heavy atom. The molecule has 0 saturated heterocycles. The van der Waals surface area contributed by atoms with Crippen LogP contribution in [-0.2, 0) is 15.6 Å². The molecule has 26 heavy (non-hydrogen) atoms. The molecular formula is C15H12Cl2N6O2S. The van der Waals surface area contributed by atoms with Crippen LogP contribution < -0.4 is 0 Å². The SMILES string of the molecule is CC(C)(c1c(C#N)cnn1S(=O)(=O)c1ccc(Cl)cc1Cl)n1cncn1. The van der Waals surface area contributed by atoms with E-state index in [-0.39, 0.29) is 21.2 Å². The molecule has 0 N–H and O–H groups in total. The normalized spacial score (nSPS) is 12.1.